The molecule has 4 heterocycles. The summed E-state index contributed by atoms with van der Waals surface area (Å²) in [5, 5.41) is 10.6. The number of likely N-dealkylation sites (tertiary alicyclic amines) is 1. The zero-order valence-corrected chi connectivity index (χ0v) is 21.2. The maximum atomic E-state index is 13.1. The molecule has 2 saturated carbocycles. The number of pyridine rings is 1. The minimum Gasteiger partial charge on any atom is -0.491 e. The summed E-state index contributed by atoms with van der Waals surface area (Å²) in [6.45, 7) is 6.23. The molecule has 8 nitrogen and oxygen atoms in total. The highest BCUT2D eigenvalue weighted by atomic mass is 16.5. The number of aromatic nitrogens is 4. The van der Waals surface area contributed by atoms with Crippen LogP contribution in [0.4, 0.5) is 0 Å². The Bertz CT molecular complexity index is 1590. The molecule has 1 aromatic carbocycles. The number of hydrogen-bond acceptors (Lipinski definition) is 5. The molecule has 8 heteroatoms. The Morgan fingerprint density at radius 3 is 2.62 bits per heavy atom. The summed E-state index contributed by atoms with van der Waals surface area (Å²) in [4.78, 5) is 30.3. The molecule has 0 unspecified atom stereocenters. The van der Waals surface area contributed by atoms with Crippen LogP contribution in [0.5, 0.6) is 5.75 Å². The second-order valence-corrected chi connectivity index (χ2v) is 11.0. The van der Waals surface area contributed by atoms with Gasteiger partial charge >= 0.3 is 0 Å². The van der Waals surface area contributed by atoms with Crippen LogP contribution < -0.4 is 10.3 Å². The lowest BCUT2D eigenvalue weighted by Crippen LogP contribution is -2.32. The van der Waals surface area contributed by atoms with Crippen LogP contribution in [0.2, 0.25) is 0 Å². The minimum absolute atomic E-state index is 0.229. The van der Waals surface area contributed by atoms with Crippen LogP contribution in [0.25, 0.3) is 33.3 Å². The van der Waals surface area contributed by atoms with Crippen molar-refractivity contribution >= 4 is 21.9 Å². The van der Waals surface area contributed by atoms with Crippen molar-refractivity contribution in [2.24, 2.45) is 5.92 Å². The van der Waals surface area contributed by atoms with Crippen molar-refractivity contribution in [3.8, 4) is 23.2 Å². The van der Waals surface area contributed by atoms with Crippen LogP contribution in [-0.4, -0.2) is 51.1 Å². The largest absolute Gasteiger partial charge is 0.491 e. The molecule has 1 aliphatic heterocycles. The number of imidazole rings is 1. The van der Waals surface area contributed by atoms with Crippen molar-refractivity contribution in [3.05, 3.63) is 45.5 Å². The number of fused-ring (bicyclic) bond motifs is 2. The van der Waals surface area contributed by atoms with Gasteiger partial charge < -0.3 is 24.6 Å². The molecule has 2 aliphatic carbocycles. The first-order chi connectivity index (χ1) is 18.1. The molecule has 4 aromatic rings. The predicted octanol–water partition coefficient (Wildman–Crippen LogP) is 5.14. The first-order valence-electron chi connectivity index (χ1n) is 13.7. The van der Waals surface area contributed by atoms with Crippen molar-refractivity contribution in [1.82, 2.24) is 24.8 Å². The zero-order valence-electron chi connectivity index (χ0n) is 21.2. The van der Waals surface area contributed by atoms with E-state index in [0.29, 0.717) is 46.8 Å². The Balaban J connectivity index is 1.35. The van der Waals surface area contributed by atoms with E-state index in [9.17, 15) is 10.1 Å². The number of piperidine rings is 1. The molecule has 0 atom stereocenters. The van der Waals surface area contributed by atoms with Gasteiger partial charge in [0.15, 0.2) is 5.75 Å². The van der Waals surface area contributed by atoms with E-state index in [1.807, 2.05) is 0 Å². The number of nitrogens with zero attached hydrogens (tertiary/aromatic N) is 3. The van der Waals surface area contributed by atoms with E-state index in [1.54, 1.807) is 6.20 Å². The van der Waals surface area contributed by atoms with Crippen molar-refractivity contribution < 1.29 is 4.74 Å². The van der Waals surface area contributed by atoms with Gasteiger partial charge in [0.2, 0.25) is 0 Å². The molecule has 7 rings (SSSR count). The van der Waals surface area contributed by atoms with Gasteiger partial charge in [0, 0.05) is 23.2 Å². The molecular weight excluding hydrogens is 464 g/mol. The molecule has 190 valence electrons. The fourth-order valence-electron chi connectivity index (χ4n) is 5.93. The highest BCUT2D eigenvalue weighted by Gasteiger charge is 2.31. The molecule has 0 bridgehead atoms. The molecule has 0 amide bonds. The molecule has 37 heavy (non-hydrogen) atoms. The van der Waals surface area contributed by atoms with Gasteiger partial charge in [-0.3, -0.25) is 4.79 Å². The van der Waals surface area contributed by atoms with Crippen LogP contribution in [0.1, 0.15) is 74.1 Å². The molecular formula is C29H32N6O2. The normalized spacial score (nSPS) is 19.0. The summed E-state index contributed by atoms with van der Waals surface area (Å²) in [6.07, 6.45) is 8.45. The van der Waals surface area contributed by atoms with Gasteiger partial charge in [0.25, 0.3) is 5.56 Å². The maximum Gasteiger partial charge on any atom is 0.261 e. The van der Waals surface area contributed by atoms with Crippen LogP contribution in [0.15, 0.2) is 23.1 Å². The summed E-state index contributed by atoms with van der Waals surface area (Å²) in [7, 11) is 0. The zero-order chi connectivity index (χ0) is 25.1. The van der Waals surface area contributed by atoms with E-state index in [4.69, 9.17) is 9.72 Å². The first-order valence-corrected chi connectivity index (χ1v) is 13.7. The lowest BCUT2D eigenvalue weighted by Gasteiger charge is -2.32. The number of nitriles is 1. The van der Waals surface area contributed by atoms with Crippen LogP contribution in [0.3, 0.4) is 0 Å². The average molecular weight is 497 g/mol. The standard InChI is InChI=1S/C29H32N6O2/c1-2-35-11-9-17(10-12-35)19-7-8-22-26(27(19)37-15-16-3-4-16)34-28(32-22)23-25-21(14-31-29(23)36)20(13-30)24(33-25)18-5-6-18/h7-8,14,16-18,33H,2-6,9-12,15H2,1H3,(H,31,36)(H,32,34). The fraction of sp³-hybridized carbons (Fsp3) is 0.483. The predicted molar refractivity (Wildman–Crippen MR) is 143 cm³/mol. The Kier molecular flexibility index (Phi) is 5.36. The third kappa shape index (κ3) is 3.93. The second-order valence-electron chi connectivity index (χ2n) is 11.0. The Morgan fingerprint density at radius 2 is 1.92 bits per heavy atom. The van der Waals surface area contributed by atoms with Gasteiger partial charge in [-0.15, -0.1) is 0 Å². The summed E-state index contributed by atoms with van der Waals surface area (Å²) < 4.78 is 6.50. The van der Waals surface area contributed by atoms with E-state index in [-0.39, 0.29) is 5.56 Å². The highest BCUT2D eigenvalue weighted by molar-refractivity contribution is 5.98. The van der Waals surface area contributed by atoms with Crippen molar-refractivity contribution in [2.75, 3.05) is 26.2 Å². The van der Waals surface area contributed by atoms with E-state index in [2.05, 4.69) is 45.0 Å². The smallest absolute Gasteiger partial charge is 0.261 e. The Hall–Kier alpha value is -3.57. The number of H-pyrrole nitrogens is 3. The Morgan fingerprint density at radius 1 is 1.11 bits per heavy atom. The molecule has 0 radical (unpaired) electrons. The molecule has 3 aromatic heterocycles. The number of ether oxygens (including phenoxy) is 1. The molecule has 0 spiro atoms. The number of rotatable bonds is 7. The first kappa shape index (κ1) is 22.6. The summed E-state index contributed by atoms with van der Waals surface area (Å²) in [5.41, 5.74) is 5.34. The number of nitrogens with one attached hydrogen (secondary N) is 3. The monoisotopic (exact) mass is 496 g/mol. The van der Waals surface area contributed by atoms with E-state index in [1.165, 1.54) is 18.4 Å². The summed E-state index contributed by atoms with van der Waals surface area (Å²) >= 11 is 0. The molecule has 3 N–H and O–H groups in total. The molecule has 3 aliphatic rings. The van der Waals surface area contributed by atoms with Gasteiger partial charge in [-0.1, -0.05) is 13.0 Å². The summed E-state index contributed by atoms with van der Waals surface area (Å²) in [5.74, 6) is 2.81. The number of aromatic amines is 3. The van der Waals surface area contributed by atoms with Crippen molar-refractivity contribution in [2.45, 2.75) is 57.3 Å². The van der Waals surface area contributed by atoms with E-state index < -0.39 is 0 Å². The van der Waals surface area contributed by atoms with Gasteiger partial charge in [-0.05, 0) is 81.6 Å². The SMILES string of the molecule is CCN1CCC(c2ccc3[nH]c(-c4c(=O)[nH]cc5c(C#N)c(C6CC6)[nH]c45)nc3c2OCC2CC2)CC1. The quantitative estimate of drug-likeness (QED) is 0.328. The van der Waals surface area contributed by atoms with Crippen molar-refractivity contribution in [3.63, 3.8) is 0 Å². The minimum atomic E-state index is -0.229. The van der Waals surface area contributed by atoms with Gasteiger partial charge in [0.05, 0.1) is 23.2 Å². The van der Waals surface area contributed by atoms with Crippen molar-refractivity contribution in [1.29, 1.82) is 5.26 Å². The highest BCUT2D eigenvalue weighted by Crippen LogP contribution is 2.44. The van der Waals surface area contributed by atoms with Gasteiger partial charge in [-0.25, -0.2) is 4.98 Å². The lowest BCUT2D eigenvalue weighted by atomic mass is 9.88. The third-order valence-electron chi connectivity index (χ3n) is 8.50. The van der Waals surface area contributed by atoms with Crippen LogP contribution >= 0.6 is 0 Å². The number of hydrogen-bond donors (Lipinski definition) is 3. The van der Waals surface area contributed by atoms with Crippen LogP contribution in [0, 0.1) is 17.2 Å². The number of benzene rings is 1. The third-order valence-corrected chi connectivity index (χ3v) is 8.50. The fourth-order valence-corrected chi connectivity index (χ4v) is 5.93. The van der Waals surface area contributed by atoms with E-state index in [0.717, 1.165) is 73.2 Å². The lowest BCUT2D eigenvalue weighted by molar-refractivity contribution is 0.218. The average Bonchev–Trinajstić information content (AvgIpc) is 3.86. The molecule has 1 saturated heterocycles. The molecule has 3 fully saturated rings. The summed E-state index contributed by atoms with van der Waals surface area (Å²) in [6, 6.07) is 6.62. The Labute approximate surface area is 215 Å². The second kappa shape index (κ2) is 8.77. The van der Waals surface area contributed by atoms with Gasteiger partial charge in [0.1, 0.15) is 23.0 Å². The van der Waals surface area contributed by atoms with Crippen LogP contribution in [-0.2, 0) is 0 Å². The van der Waals surface area contributed by atoms with Gasteiger partial charge in [-0.2, -0.15) is 5.26 Å². The maximum absolute atomic E-state index is 13.1. The van der Waals surface area contributed by atoms with E-state index >= 15 is 0 Å². The topological polar surface area (TPSA) is 114 Å².